The van der Waals surface area contributed by atoms with Gasteiger partial charge in [0.25, 0.3) is 5.91 Å². The van der Waals surface area contributed by atoms with Crippen LogP contribution in [0.25, 0.3) is 0 Å². The van der Waals surface area contributed by atoms with Crippen molar-refractivity contribution in [2.24, 2.45) is 0 Å². The summed E-state index contributed by atoms with van der Waals surface area (Å²) in [5.74, 6) is -0.814. The number of aryl methyl sites for hydroxylation is 2. The van der Waals surface area contributed by atoms with E-state index in [-0.39, 0.29) is 17.1 Å². The monoisotopic (exact) mass is 272 g/mol. The molecule has 0 aliphatic carbocycles. The third-order valence-electron chi connectivity index (χ3n) is 3.02. The van der Waals surface area contributed by atoms with Gasteiger partial charge in [0.1, 0.15) is 11.5 Å². The quantitative estimate of drug-likeness (QED) is 0.632. The van der Waals surface area contributed by atoms with Gasteiger partial charge < -0.3 is 21.3 Å². The van der Waals surface area contributed by atoms with Crippen molar-refractivity contribution in [1.82, 2.24) is 0 Å². The molecule has 2 rings (SSSR count). The predicted octanol–water partition coefficient (Wildman–Crippen LogP) is 2.55. The molecule has 104 valence electrons. The molecule has 0 saturated carbocycles. The number of benzene rings is 2. The van der Waals surface area contributed by atoms with Gasteiger partial charge in [-0.3, -0.25) is 4.79 Å². The van der Waals surface area contributed by atoms with Crippen molar-refractivity contribution in [2.75, 3.05) is 11.1 Å². The first-order valence-corrected chi connectivity index (χ1v) is 6.08. The molecule has 2 aromatic carbocycles. The van der Waals surface area contributed by atoms with E-state index in [1.165, 1.54) is 12.1 Å². The van der Waals surface area contributed by atoms with Crippen LogP contribution in [-0.4, -0.2) is 16.1 Å². The second-order valence-corrected chi connectivity index (χ2v) is 4.69. The second kappa shape index (κ2) is 5.13. The molecular weight excluding hydrogens is 256 g/mol. The molecule has 0 bridgehead atoms. The number of carbonyl (C=O) groups excluding carboxylic acids is 1. The van der Waals surface area contributed by atoms with Crippen LogP contribution < -0.4 is 11.1 Å². The Morgan fingerprint density at radius 3 is 2.25 bits per heavy atom. The van der Waals surface area contributed by atoms with Crippen LogP contribution in [0.3, 0.4) is 0 Å². The molecule has 0 spiro atoms. The van der Waals surface area contributed by atoms with Crippen LogP contribution in [-0.2, 0) is 0 Å². The van der Waals surface area contributed by atoms with Crippen LogP contribution in [0.15, 0.2) is 30.3 Å². The summed E-state index contributed by atoms with van der Waals surface area (Å²) >= 11 is 0. The Morgan fingerprint density at radius 1 is 1.10 bits per heavy atom. The average Bonchev–Trinajstić information content (AvgIpc) is 2.33. The molecule has 0 heterocycles. The van der Waals surface area contributed by atoms with Crippen LogP contribution in [0.2, 0.25) is 0 Å². The minimum Gasteiger partial charge on any atom is -0.508 e. The Morgan fingerprint density at radius 2 is 1.70 bits per heavy atom. The van der Waals surface area contributed by atoms with Crippen LogP contribution in [0.5, 0.6) is 11.5 Å². The fourth-order valence-corrected chi connectivity index (χ4v) is 2.09. The maximum Gasteiger partial charge on any atom is 0.259 e. The summed E-state index contributed by atoms with van der Waals surface area (Å²) in [6.07, 6.45) is 0. The third-order valence-corrected chi connectivity index (χ3v) is 3.02. The highest BCUT2D eigenvalue weighted by Gasteiger charge is 2.14. The van der Waals surface area contributed by atoms with Crippen LogP contribution in [0.4, 0.5) is 11.4 Å². The molecule has 0 unspecified atom stereocenters. The van der Waals surface area contributed by atoms with Gasteiger partial charge in [0.2, 0.25) is 0 Å². The first-order chi connectivity index (χ1) is 9.38. The Hall–Kier alpha value is -2.69. The molecule has 0 aliphatic rings. The van der Waals surface area contributed by atoms with Crippen molar-refractivity contribution >= 4 is 17.3 Å². The highest BCUT2D eigenvalue weighted by Crippen LogP contribution is 2.27. The second-order valence-electron chi connectivity index (χ2n) is 4.69. The van der Waals surface area contributed by atoms with Gasteiger partial charge in [-0.25, -0.2) is 0 Å². The zero-order valence-electron chi connectivity index (χ0n) is 11.3. The molecule has 20 heavy (non-hydrogen) atoms. The van der Waals surface area contributed by atoms with Gasteiger partial charge in [0.15, 0.2) is 0 Å². The summed E-state index contributed by atoms with van der Waals surface area (Å²) in [6.45, 7) is 3.69. The fourth-order valence-electron chi connectivity index (χ4n) is 2.09. The number of nitrogens with one attached hydrogen (secondary N) is 1. The molecule has 1 amide bonds. The summed E-state index contributed by atoms with van der Waals surface area (Å²) in [6, 6.07) is 7.36. The summed E-state index contributed by atoms with van der Waals surface area (Å²) in [4.78, 5) is 12.2. The van der Waals surface area contributed by atoms with Crippen LogP contribution in [0, 0.1) is 13.8 Å². The van der Waals surface area contributed by atoms with Gasteiger partial charge in [-0.05, 0) is 49.2 Å². The van der Waals surface area contributed by atoms with E-state index in [1.54, 1.807) is 12.1 Å². The number of hydrogen-bond donors (Lipinski definition) is 4. The first kappa shape index (κ1) is 13.7. The number of nitrogen functional groups attached to an aromatic ring is 1. The van der Waals surface area contributed by atoms with E-state index in [0.717, 1.165) is 17.2 Å². The molecule has 5 N–H and O–H groups in total. The third kappa shape index (κ3) is 2.66. The lowest BCUT2D eigenvalue weighted by Crippen LogP contribution is -2.14. The number of carbonyl (C=O) groups is 1. The van der Waals surface area contributed by atoms with Crippen molar-refractivity contribution in [3.05, 3.63) is 47.0 Å². The van der Waals surface area contributed by atoms with Crippen molar-refractivity contribution < 1.29 is 15.0 Å². The maximum atomic E-state index is 12.2. The Labute approximate surface area is 116 Å². The van der Waals surface area contributed by atoms with Crippen LogP contribution >= 0.6 is 0 Å². The fraction of sp³-hybridized carbons (Fsp3) is 0.133. The molecule has 5 heteroatoms. The number of hydrogen-bond acceptors (Lipinski definition) is 4. The standard InChI is InChI=1S/C15H16N2O3/c1-8-5-10(16)6-9(2)14(8)17-15(20)12-4-3-11(18)7-13(12)19/h3-7,18-19H,16H2,1-2H3,(H,17,20). The number of rotatable bonds is 2. The minimum absolute atomic E-state index is 0.0958. The smallest absolute Gasteiger partial charge is 0.259 e. The number of phenols is 2. The first-order valence-electron chi connectivity index (χ1n) is 6.08. The van der Waals surface area contributed by atoms with Crippen molar-refractivity contribution in [3.63, 3.8) is 0 Å². The molecule has 5 nitrogen and oxygen atoms in total. The van der Waals surface area contributed by atoms with E-state index in [2.05, 4.69) is 5.32 Å². The van der Waals surface area contributed by atoms with Crippen molar-refractivity contribution in [2.45, 2.75) is 13.8 Å². The number of nitrogens with two attached hydrogens (primary N) is 1. The molecule has 0 aromatic heterocycles. The van der Waals surface area contributed by atoms with E-state index >= 15 is 0 Å². The topological polar surface area (TPSA) is 95.6 Å². The van der Waals surface area contributed by atoms with E-state index in [4.69, 9.17) is 5.73 Å². The van der Waals surface area contributed by atoms with Crippen molar-refractivity contribution in [1.29, 1.82) is 0 Å². The van der Waals surface area contributed by atoms with Gasteiger partial charge in [-0.1, -0.05) is 0 Å². The number of phenolic OH excluding ortho intramolecular Hbond substituents is 2. The molecule has 0 radical (unpaired) electrons. The zero-order valence-corrected chi connectivity index (χ0v) is 11.3. The summed E-state index contributed by atoms with van der Waals surface area (Å²) in [7, 11) is 0. The van der Waals surface area contributed by atoms with Gasteiger partial charge >= 0.3 is 0 Å². The molecule has 0 aliphatic heterocycles. The molecular formula is C15H16N2O3. The lowest BCUT2D eigenvalue weighted by atomic mass is 10.1. The highest BCUT2D eigenvalue weighted by molar-refractivity contribution is 6.07. The van der Waals surface area contributed by atoms with Gasteiger partial charge in [-0.2, -0.15) is 0 Å². The Bertz CT molecular complexity index is 658. The molecule has 0 saturated heterocycles. The molecule has 0 fully saturated rings. The normalized spacial score (nSPS) is 10.3. The largest absolute Gasteiger partial charge is 0.508 e. The molecule has 0 atom stereocenters. The predicted molar refractivity (Wildman–Crippen MR) is 78.1 cm³/mol. The van der Waals surface area contributed by atoms with E-state index in [1.807, 2.05) is 13.8 Å². The van der Waals surface area contributed by atoms with E-state index in [9.17, 15) is 15.0 Å². The zero-order chi connectivity index (χ0) is 14.9. The lowest BCUT2D eigenvalue weighted by molar-refractivity contribution is 0.102. The number of aromatic hydroxyl groups is 2. The molecule has 2 aromatic rings. The lowest BCUT2D eigenvalue weighted by Gasteiger charge is -2.13. The van der Waals surface area contributed by atoms with Crippen LogP contribution in [0.1, 0.15) is 21.5 Å². The van der Waals surface area contributed by atoms with Gasteiger partial charge in [0, 0.05) is 17.4 Å². The average molecular weight is 272 g/mol. The van der Waals surface area contributed by atoms with Gasteiger partial charge in [-0.15, -0.1) is 0 Å². The number of amides is 1. The maximum absolute atomic E-state index is 12.2. The summed E-state index contributed by atoms with van der Waals surface area (Å²) in [5, 5.41) is 21.7. The summed E-state index contributed by atoms with van der Waals surface area (Å²) < 4.78 is 0. The number of anilines is 2. The highest BCUT2D eigenvalue weighted by atomic mass is 16.3. The SMILES string of the molecule is Cc1cc(N)cc(C)c1NC(=O)c1ccc(O)cc1O. The van der Waals surface area contributed by atoms with Gasteiger partial charge in [0.05, 0.1) is 5.56 Å². The van der Waals surface area contributed by atoms with E-state index in [0.29, 0.717) is 11.4 Å². The van der Waals surface area contributed by atoms with E-state index < -0.39 is 5.91 Å². The Kier molecular flexibility index (Phi) is 3.52. The Balaban J connectivity index is 2.33. The summed E-state index contributed by atoms with van der Waals surface area (Å²) in [5.41, 5.74) is 8.80. The van der Waals surface area contributed by atoms with Crippen molar-refractivity contribution in [3.8, 4) is 11.5 Å². The minimum atomic E-state index is -0.446.